The zero-order valence-electron chi connectivity index (χ0n) is 17.2. The van der Waals surface area contributed by atoms with Gasteiger partial charge in [-0.3, -0.25) is 4.90 Å². The van der Waals surface area contributed by atoms with E-state index in [9.17, 15) is 4.79 Å². The number of rotatable bonds is 6. The van der Waals surface area contributed by atoms with E-state index >= 15 is 0 Å². The molecule has 6 nitrogen and oxygen atoms in total. The number of halogens is 1. The predicted octanol–water partition coefficient (Wildman–Crippen LogP) is 4.66. The van der Waals surface area contributed by atoms with Crippen LogP contribution in [0.25, 0.3) is 0 Å². The van der Waals surface area contributed by atoms with Crippen LogP contribution < -0.4 is 4.74 Å². The van der Waals surface area contributed by atoms with Crippen LogP contribution in [0, 0.1) is 5.92 Å². The molecular formula is C19H32ClN3O3S. The first-order chi connectivity index (χ1) is 12.6. The van der Waals surface area contributed by atoms with Crippen LogP contribution in [0.15, 0.2) is 0 Å². The molecule has 2 rings (SSSR count). The van der Waals surface area contributed by atoms with E-state index in [-0.39, 0.29) is 6.09 Å². The van der Waals surface area contributed by atoms with Crippen molar-refractivity contribution in [3.05, 3.63) is 10.0 Å². The topological polar surface area (TPSA) is 54.9 Å². The lowest BCUT2D eigenvalue weighted by Crippen LogP contribution is -2.48. The Bertz CT molecular complexity index is 622. The van der Waals surface area contributed by atoms with Gasteiger partial charge in [0.15, 0.2) is 0 Å². The van der Waals surface area contributed by atoms with Gasteiger partial charge in [-0.15, -0.1) is 0 Å². The third-order valence-electron chi connectivity index (χ3n) is 4.38. The molecule has 1 aliphatic rings. The quantitative estimate of drug-likeness (QED) is 0.673. The fourth-order valence-electron chi connectivity index (χ4n) is 3.23. The minimum Gasteiger partial charge on any atom is -0.473 e. The monoisotopic (exact) mass is 417 g/mol. The Kier molecular flexibility index (Phi) is 7.77. The molecule has 0 aromatic carbocycles. The molecule has 8 heteroatoms. The summed E-state index contributed by atoms with van der Waals surface area (Å²) in [6.45, 7) is 13.3. The van der Waals surface area contributed by atoms with E-state index in [2.05, 4.69) is 23.7 Å². The number of thiazole rings is 1. The summed E-state index contributed by atoms with van der Waals surface area (Å²) in [7, 11) is 1.61. The fourth-order valence-corrected chi connectivity index (χ4v) is 4.33. The Morgan fingerprint density at radius 3 is 2.48 bits per heavy atom. The van der Waals surface area contributed by atoms with Gasteiger partial charge in [-0.05, 0) is 39.5 Å². The average Bonchev–Trinajstić information content (AvgIpc) is 2.92. The van der Waals surface area contributed by atoms with E-state index in [0.717, 1.165) is 30.8 Å². The van der Waals surface area contributed by atoms with Crippen LogP contribution in [-0.4, -0.2) is 59.3 Å². The highest BCUT2D eigenvalue weighted by Gasteiger charge is 2.30. The molecule has 0 unspecified atom stereocenters. The van der Waals surface area contributed by atoms with Crippen LogP contribution in [0.5, 0.6) is 5.19 Å². The molecule has 0 bridgehead atoms. The second kappa shape index (κ2) is 9.43. The number of methoxy groups -OCH3 is 1. The Morgan fingerprint density at radius 2 is 2.00 bits per heavy atom. The number of piperidine rings is 1. The van der Waals surface area contributed by atoms with Crippen LogP contribution in [0.1, 0.15) is 52.3 Å². The van der Waals surface area contributed by atoms with Crippen molar-refractivity contribution in [1.29, 1.82) is 0 Å². The molecule has 1 aromatic heterocycles. The van der Waals surface area contributed by atoms with Crippen LogP contribution in [-0.2, 0) is 11.3 Å². The molecular weight excluding hydrogens is 386 g/mol. The van der Waals surface area contributed by atoms with E-state index in [1.807, 2.05) is 25.7 Å². The van der Waals surface area contributed by atoms with Gasteiger partial charge in [0.1, 0.15) is 10.8 Å². The normalized spacial score (nSPS) is 16.3. The number of ether oxygens (including phenoxy) is 2. The summed E-state index contributed by atoms with van der Waals surface area (Å²) in [4.78, 5) is 21.8. The molecule has 0 N–H and O–H groups in total. The second-order valence-corrected chi connectivity index (χ2v) is 9.82. The van der Waals surface area contributed by atoms with Crippen molar-refractivity contribution >= 4 is 29.0 Å². The minimum absolute atomic E-state index is 0.216. The van der Waals surface area contributed by atoms with Gasteiger partial charge in [-0.2, -0.15) is 4.98 Å². The highest BCUT2D eigenvalue weighted by molar-refractivity contribution is 7.13. The first-order valence-electron chi connectivity index (χ1n) is 9.50. The lowest BCUT2D eigenvalue weighted by molar-refractivity contribution is 0.0130. The van der Waals surface area contributed by atoms with Crippen molar-refractivity contribution in [2.24, 2.45) is 5.92 Å². The molecule has 0 saturated carbocycles. The smallest absolute Gasteiger partial charge is 0.410 e. The number of carbonyl (C=O) groups is 1. The van der Waals surface area contributed by atoms with Gasteiger partial charge >= 0.3 is 6.09 Å². The van der Waals surface area contributed by atoms with Gasteiger partial charge in [0, 0.05) is 32.2 Å². The van der Waals surface area contributed by atoms with Crippen LogP contribution in [0.3, 0.4) is 0 Å². The second-order valence-electron chi connectivity index (χ2n) is 8.42. The van der Waals surface area contributed by atoms with Crippen molar-refractivity contribution in [2.75, 3.05) is 26.7 Å². The first kappa shape index (κ1) is 22.2. The maximum Gasteiger partial charge on any atom is 0.410 e. The summed E-state index contributed by atoms with van der Waals surface area (Å²) in [5, 5.41) is 1.12. The molecule has 0 atom stereocenters. The molecule has 2 heterocycles. The van der Waals surface area contributed by atoms with Crippen molar-refractivity contribution in [1.82, 2.24) is 14.8 Å². The fraction of sp³-hybridized carbons (Fsp3) is 0.789. The third kappa shape index (κ3) is 6.80. The highest BCUT2D eigenvalue weighted by Crippen LogP contribution is 2.31. The number of hydrogen-bond acceptors (Lipinski definition) is 6. The highest BCUT2D eigenvalue weighted by atomic mass is 35.5. The molecule has 0 radical (unpaired) electrons. The van der Waals surface area contributed by atoms with Crippen molar-refractivity contribution in [3.8, 4) is 5.19 Å². The summed E-state index contributed by atoms with van der Waals surface area (Å²) in [5.41, 5.74) is -0.459. The van der Waals surface area contributed by atoms with Gasteiger partial charge in [-0.1, -0.05) is 36.8 Å². The van der Waals surface area contributed by atoms with Crippen LogP contribution >= 0.6 is 22.9 Å². The van der Waals surface area contributed by atoms with Crippen molar-refractivity contribution < 1.29 is 14.3 Å². The lowest BCUT2D eigenvalue weighted by Gasteiger charge is -2.39. The molecule has 154 valence electrons. The predicted molar refractivity (Wildman–Crippen MR) is 110 cm³/mol. The molecule has 1 aliphatic heterocycles. The number of likely N-dealkylation sites (tertiary alicyclic amines) is 1. The van der Waals surface area contributed by atoms with Gasteiger partial charge in [0.05, 0.1) is 12.0 Å². The van der Waals surface area contributed by atoms with Crippen LogP contribution in [0.4, 0.5) is 4.79 Å². The van der Waals surface area contributed by atoms with E-state index in [1.165, 1.54) is 11.3 Å². The van der Waals surface area contributed by atoms with Gasteiger partial charge in [0.2, 0.25) is 0 Å². The Hall–Kier alpha value is -1.05. The van der Waals surface area contributed by atoms with Gasteiger partial charge < -0.3 is 14.4 Å². The largest absolute Gasteiger partial charge is 0.473 e. The van der Waals surface area contributed by atoms with E-state index in [0.29, 0.717) is 35.4 Å². The average molecular weight is 418 g/mol. The summed E-state index contributed by atoms with van der Waals surface area (Å²) >= 11 is 7.79. The summed E-state index contributed by atoms with van der Waals surface area (Å²) in [6.07, 6.45) is 1.64. The van der Waals surface area contributed by atoms with E-state index < -0.39 is 5.60 Å². The molecule has 0 spiro atoms. The van der Waals surface area contributed by atoms with Crippen molar-refractivity contribution in [2.45, 2.75) is 65.6 Å². The summed E-state index contributed by atoms with van der Waals surface area (Å²) in [6, 6.07) is 0.412. The molecule has 27 heavy (non-hydrogen) atoms. The Morgan fingerprint density at radius 1 is 1.37 bits per heavy atom. The SMILES string of the molecule is COc1nc(Cl)c(CN(CC(C)C)C2CCN(C(=O)OC(C)(C)C)CC2)s1. The number of hydrogen-bond donors (Lipinski definition) is 0. The van der Waals surface area contributed by atoms with Gasteiger partial charge in [-0.25, -0.2) is 4.79 Å². The maximum atomic E-state index is 12.3. The zero-order chi connectivity index (χ0) is 20.2. The number of nitrogens with zero attached hydrogens (tertiary/aromatic N) is 3. The molecule has 1 aromatic rings. The van der Waals surface area contributed by atoms with Crippen molar-refractivity contribution in [3.63, 3.8) is 0 Å². The number of carbonyl (C=O) groups excluding carboxylic acids is 1. The molecule has 1 saturated heterocycles. The Balaban J connectivity index is 1.99. The number of amides is 1. The summed E-state index contributed by atoms with van der Waals surface area (Å²) < 4.78 is 10.7. The third-order valence-corrected chi connectivity index (χ3v) is 5.81. The molecule has 0 aliphatic carbocycles. The Labute approximate surface area is 171 Å². The van der Waals surface area contributed by atoms with Gasteiger partial charge in [0.25, 0.3) is 5.19 Å². The van der Waals surface area contributed by atoms with E-state index in [1.54, 1.807) is 7.11 Å². The standard InChI is InChI=1S/C19H32ClN3O3S/c1-13(2)11-23(12-15-16(20)21-17(25-6)27-15)14-7-9-22(10-8-14)18(24)26-19(3,4)5/h13-14H,7-12H2,1-6H3. The molecule has 1 fully saturated rings. The number of aromatic nitrogens is 1. The van der Waals surface area contributed by atoms with E-state index in [4.69, 9.17) is 21.1 Å². The zero-order valence-corrected chi connectivity index (χ0v) is 18.8. The molecule has 1 amide bonds. The lowest BCUT2D eigenvalue weighted by atomic mass is 10.0. The first-order valence-corrected chi connectivity index (χ1v) is 10.7. The summed E-state index contributed by atoms with van der Waals surface area (Å²) in [5.74, 6) is 0.544. The maximum absolute atomic E-state index is 12.3. The minimum atomic E-state index is -0.459. The van der Waals surface area contributed by atoms with Crippen LogP contribution in [0.2, 0.25) is 5.15 Å².